The summed E-state index contributed by atoms with van der Waals surface area (Å²) in [7, 11) is 0. The van der Waals surface area contributed by atoms with E-state index in [0.717, 1.165) is 0 Å². The Hall–Kier alpha value is -1.89. The van der Waals surface area contributed by atoms with Crippen LogP contribution in [0.2, 0.25) is 0 Å². The van der Waals surface area contributed by atoms with Gasteiger partial charge in [0.1, 0.15) is 0 Å². The maximum Gasteiger partial charge on any atom is 0.292 e. The molecule has 7 heteroatoms. The van der Waals surface area contributed by atoms with Crippen LogP contribution in [0.3, 0.4) is 0 Å². The van der Waals surface area contributed by atoms with Crippen molar-refractivity contribution >= 4 is 23.1 Å². The summed E-state index contributed by atoms with van der Waals surface area (Å²) >= 11 is 4.78. The zero-order valence-electron chi connectivity index (χ0n) is 12.3. The van der Waals surface area contributed by atoms with Crippen molar-refractivity contribution in [2.45, 2.75) is 26.8 Å². The quantitative estimate of drug-likeness (QED) is 0.689. The Kier molecular flexibility index (Phi) is 6.87. The molecular formula is C14H21N3O3S. The van der Waals surface area contributed by atoms with E-state index in [1.807, 2.05) is 13.8 Å². The maximum atomic E-state index is 12.1. The molecule has 0 aliphatic carbocycles. The molecule has 0 fully saturated rings. The van der Waals surface area contributed by atoms with Crippen LogP contribution in [0, 0.1) is 5.92 Å². The first-order chi connectivity index (χ1) is 9.90. The summed E-state index contributed by atoms with van der Waals surface area (Å²) in [6.45, 7) is 4.79. The second kappa shape index (κ2) is 8.41. The van der Waals surface area contributed by atoms with Gasteiger partial charge in [-0.15, -0.1) is 0 Å². The lowest BCUT2D eigenvalue weighted by molar-refractivity contribution is -0.123. The van der Waals surface area contributed by atoms with Crippen LogP contribution in [-0.2, 0) is 11.3 Å². The molecule has 1 heterocycles. The van der Waals surface area contributed by atoms with Gasteiger partial charge >= 0.3 is 0 Å². The lowest BCUT2D eigenvalue weighted by Crippen LogP contribution is -2.33. The van der Waals surface area contributed by atoms with Crippen molar-refractivity contribution in [3.63, 3.8) is 0 Å². The molecule has 0 atom stereocenters. The number of aryl methyl sites for hydroxylation is 1. The Morgan fingerprint density at radius 3 is 2.86 bits per heavy atom. The summed E-state index contributed by atoms with van der Waals surface area (Å²) in [6, 6.07) is 3.22. The molecule has 0 unspecified atom stereocenters. The molecule has 21 heavy (non-hydrogen) atoms. The van der Waals surface area contributed by atoms with Crippen LogP contribution in [0.15, 0.2) is 23.1 Å². The van der Waals surface area contributed by atoms with Gasteiger partial charge in [-0.25, -0.2) is 0 Å². The van der Waals surface area contributed by atoms with E-state index in [4.69, 9.17) is 22.7 Å². The van der Waals surface area contributed by atoms with Gasteiger partial charge in [-0.3, -0.25) is 9.59 Å². The molecule has 6 nitrogen and oxygen atoms in total. The van der Waals surface area contributed by atoms with Gasteiger partial charge in [0.15, 0.2) is 12.4 Å². The molecule has 0 radical (unpaired) electrons. The molecule has 0 saturated heterocycles. The van der Waals surface area contributed by atoms with E-state index in [2.05, 4.69) is 5.32 Å². The zero-order chi connectivity index (χ0) is 15.8. The number of carbonyl (C=O) groups is 1. The topological polar surface area (TPSA) is 86.3 Å². The van der Waals surface area contributed by atoms with Crippen LogP contribution in [0.4, 0.5) is 0 Å². The third kappa shape index (κ3) is 6.40. The van der Waals surface area contributed by atoms with Gasteiger partial charge in [-0.05, 0) is 18.1 Å². The number of nitrogens with one attached hydrogen (secondary N) is 1. The molecule has 1 rings (SSSR count). The summed E-state index contributed by atoms with van der Waals surface area (Å²) in [5.74, 6) is 0.254. The average molecular weight is 311 g/mol. The third-order valence-corrected chi connectivity index (χ3v) is 2.85. The fraction of sp³-hybridized carbons (Fsp3) is 0.500. The van der Waals surface area contributed by atoms with Crippen molar-refractivity contribution in [3.05, 3.63) is 28.7 Å². The molecule has 0 saturated carbocycles. The number of hydrogen-bond donors (Lipinski definition) is 2. The Bertz CT molecular complexity index is 555. The normalized spacial score (nSPS) is 10.4. The Balaban J connectivity index is 2.59. The van der Waals surface area contributed by atoms with Gasteiger partial charge in [-0.2, -0.15) is 0 Å². The highest BCUT2D eigenvalue weighted by molar-refractivity contribution is 7.80. The first-order valence-electron chi connectivity index (χ1n) is 6.77. The molecule has 1 amide bonds. The molecule has 1 aromatic heterocycles. The average Bonchev–Trinajstić information content (AvgIpc) is 2.42. The smallest absolute Gasteiger partial charge is 0.292 e. The van der Waals surface area contributed by atoms with Crippen LogP contribution in [0.5, 0.6) is 5.75 Å². The highest BCUT2D eigenvalue weighted by Gasteiger charge is 2.08. The molecule has 0 bridgehead atoms. The van der Waals surface area contributed by atoms with E-state index in [9.17, 15) is 9.59 Å². The lowest BCUT2D eigenvalue weighted by atomic mass is 10.2. The van der Waals surface area contributed by atoms with E-state index in [-0.39, 0.29) is 23.8 Å². The summed E-state index contributed by atoms with van der Waals surface area (Å²) in [4.78, 5) is 24.0. The Labute approximate surface area is 129 Å². The molecular weight excluding hydrogens is 290 g/mol. The van der Waals surface area contributed by atoms with E-state index >= 15 is 0 Å². The minimum Gasteiger partial charge on any atom is -0.478 e. The number of nitrogens with two attached hydrogens (primary N) is 1. The highest BCUT2D eigenvalue weighted by Crippen LogP contribution is 2.02. The Morgan fingerprint density at radius 2 is 2.24 bits per heavy atom. The minimum atomic E-state index is -0.301. The van der Waals surface area contributed by atoms with Crippen molar-refractivity contribution in [2.75, 3.05) is 13.2 Å². The summed E-state index contributed by atoms with van der Waals surface area (Å²) in [5.41, 5.74) is 5.12. The second-order valence-corrected chi connectivity index (χ2v) is 5.60. The lowest BCUT2D eigenvalue weighted by Gasteiger charge is -2.10. The predicted octanol–water partition coefficient (Wildman–Crippen LogP) is 0.676. The monoisotopic (exact) mass is 311 g/mol. The summed E-state index contributed by atoms with van der Waals surface area (Å²) in [6.07, 6.45) is 2.07. The molecule has 3 N–H and O–H groups in total. The van der Waals surface area contributed by atoms with Gasteiger partial charge in [0.2, 0.25) is 0 Å². The van der Waals surface area contributed by atoms with E-state index < -0.39 is 0 Å². The number of aromatic nitrogens is 1. The van der Waals surface area contributed by atoms with Crippen molar-refractivity contribution in [3.8, 4) is 5.75 Å². The van der Waals surface area contributed by atoms with Crippen molar-refractivity contribution in [2.24, 2.45) is 11.7 Å². The van der Waals surface area contributed by atoms with Crippen molar-refractivity contribution in [1.82, 2.24) is 9.88 Å². The van der Waals surface area contributed by atoms with Crippen LogP contribution < -0.4 is 21.3 Å². The summed E-state index contributed by atoms with van der Waals surface area (Å²) < 4.78 is 6.73. The summed E-state index contributed by atoms with van der Waals surface area (Å²) in [5, 5.41) is 2.72. The van der Waals surface area contributed by atoms with E-state index in [1.54, 1.807) is 12.3 Å². The number of pyridine rings is 1. The van der Waals surface area contributed by atoms with Crippen molar-refractivity contribution in [1.29, 1.82) is 0 Å². The van der Waals surface area contributed by atoms with Gasteiger partial charge in [0.25, 0.3) is 11.5 Å². The Morgan fingerprint density at radius 1 is 1.52 bits per heavy atom. The molecule has 0 spiro atoms. The standard InChI is InChI=1S/C14H21N3O3S/c1-10(2)8-16-13(18)9-20-11-4-3-6-17(14(11)19)7-5-12(15)21/h3-4,6,10H,5,7-9H2,1-2H3,(H2,15,21)(H,16,18). The molecule has 0 aliphatic rings. The number of carbonyl (C=O) groups excluding carboxylic acids is 1. The van der Waals surface area contributed by atoms with Gasteiger partial charge in [0, 0.05) is 25.7 Å². The van der Waals surface area contributed by atoms with E-state index in [1.165, 1.54) is 10.6 Å². The first kappa shape index (κ1) is 17.2. The number of hydrogen-bond acceptors (Lipinski definition) is 4. The number of rotatable bonds is 8. The maximum absolute atomic E-state index is 12.1. The van der Waals surface area contributed by atoms with Crippen LogP contribution in [0.25, 0.3) is 0 Å². The first-order valence-corrected chi connectivity index (χ1v) is 7.18. The van der Waals surface area contributed by atoms with Gasteiger partial charge in [0.05, 0.1) is 4.99 Å². The zero-order valence-corrected chi connectivity index (χ0v) is 13.1. The SMILES string of the molecule is CC(C)CNC(=O)COc1cccn(CCC(N)=S)c1=O. The predicted molar refractivity (Wildman–Crippen MR) is 85.4 cm³/mol. The molecule has 1 aromatic rings. The molecule has 0 aromatic carbocycles. The number of amides is 1. The third-order valence-electron chi connectivity index (χ3n) is 2.65. The minimum absolute atomic E-state index is 0.139. The number of thiocarbonyl (C=S) groups is 1. The van der Waals surface area contributed by atoms with Crippen LogP contribution in [0.1, 0.15) is 20.3 Å². The van der Waals surface area contributed by atoms with Crippen LogP contribution in [-0.4, -0.2) is 28.6 Å². The molecule has 0 aliphatic heterocycles. The van der Waals surface area contributed by atoms with Gasteiger partial charge < -0.3 is 20.4 Å². The van der Waals surface area contributed by atoms with E-state index in [0.29, 0.717) is 30.4 Å². The fourth-order valence-corrected chi connectivity index (χ4v) is 1.63. The fourth-order valence-electron chi connectivity index (χ4n) is 1.54. The molecule has 116 valence electrons. The second-order valence-electron chi connectivity index (χ2n) is 5.07. The van der Waals surface area contributed by atoms with Gasteiger partial charge in [-0.1, -0.05) is 26.1 Å². The van der Waals surface area contributed by atoms with Crippen molar-refractivity contribution < 1.29 is 9.53 Å². The van der Waals surface area contributed by atoms with Crippen LogP contribution >= 0.6 is 12.2 Å². The largest absolute Gasteiger partial charge is 0.478 e. The highest BCUT2D eigenvalue weighted by atomic mass is 32.1. The number of nitrogens with zero attached hydrogens (tertiary/aromatic N) is 1. The number of ether oxygens (including phenoxy) is 1.